The number of ether oxygens (including phenoxy) is 2. The monoisotopic (exact) mass is 304 g/mol. The number of hydrogen-bond acceptors (Lipinski definition) is 4. The van der Waals surface area contributed by atoms with Gasteiger partial charge in [-0.3, -0.25) is 4.79 Å². The largest absolute Gasteiger partial charge is 0.490 e. The van der Waals surface area contributed by atoms with Crippen LogP contribution in [0.4, 0.5) is 0 Å². The molecule has 1 aromatic carbocycles. The third-order valence-electron chi connectivity index (χ3n) is 4.25. The number of rotatable bonds is 3. The maximum Gasteiger partial charge on any atom is 0.222 e. The molecule has 5 heteroatoms. The van der Waals surface area contributed by atoms with Crippen LogP contribution in [0, 0.1) is 0 Å². The first kappa shape index (κ1) is 15.2. The fourth-order valence-corrected chi connectivity index (χ4v) is 3.01. The Hall–Kier alpha value is -1.75. The van der Waals surface area contributed by atoms with Crippen LogP contribution in [0.5, 0.6) is 11.5 Å². The van der Waals surface area contributed by atoms with Crippen molar-refractivity contribution >= 4 is 5.91 Å². The lowest BCUT2D eigenvalue weighted by atomic mass is 10.0. The van der Waals surface area contributed by atoms with E-state index in [9.17, 15) is 4.79 Å². The summed E-state index contributed by atoms with van der Waals surface area (Å²) in [5, 5.41) is 0. The second-order valence-corrected chi connectivity index (χ2v) is 6.07. The smallest absolute Gasteiger partial charge is 0.222 e. The molecule has 2 heterocycles. The van der Waals surface area contributed by atoms with Crippen LogP contribution in [0.1, 0.15) is 31.2 Å². The number of aryl methyl sites for hydroxylation is 1. The molecule has 3 rings (SSSR count). The van der Waals surface area contributed by atoms with Crippen LogP contribution in [0.25, 0.3) is 0 Å². The number of nitrogens with two attached hydrogens (primary N) is 1. The number of carbonyl (C=O) groups excluding carboxylic acids is 1. The van der Waals surface area contributed by atoms with Crippen LogP contribution in [0.15, 0.2) is 18.2 Å². The molecule has 0 radical (unpaired) electrons. The summed E-state index contributed by atoms with van der Waals surface area (Å²) in [7, 11) is 0. The van der Waals surface area contributed by atoms with Crippen molar-refractivity contribution in [3.05, 3.63) is 23.8 Å². The highest BCUT2D eigenvalue weighted by Crippen LogP contribution is 2.30. The average Bonchev–Trinajstić information content (AvgIpc) is 2.77. The van der Waals surface area contributed by atoms with Gasteiger partial charge in [-0.25, -0.2) is 0 Å². The molecule has 5 nitrogen and oxygen atoms in total. The van der Waals surface area contributed by atoms with Gasteiger partial charge in [-0.2, -0.15) is 0 Å². The summed E-state index contributed by atoms with van der Waals surface area (Å²) in [4.78, 5) is 14.2. The van der Waals surface area contributed by atoms with E-state index in [4.69, 9.17) is 15.2 Å². The molecule has 2 aliphatic rings. The van der Waals surface area contributed by atoms with Crippen molar-refractivity contribution in [2.75, 3.05) is 26.3 Å². The number of hydrogen-bond donors (Lipinski definition) is 1. The van der Waals surface area contributed by atoms with Gasteiger partial charge in [0.25, 0.3) is 0 Å². The van der Waals surface area contributed by atoms with Crippen LogP contribution < -0.4 is 15.2 Å². The molecule has 22 heavy (non-hydrogen) atoms. The van der Waals surface area contributed by atoms with E-state index in [0.717, 1.165) is 49.3 Å². The van der Waals surface area contributed by atoms with E-state index in [2.05, 4.69) is 0 Å². The molecule has 0 aliphatic carbocycles. The van der Waals surface area contributed by atoms with E-state index in [1.54, 1.807) is 0 Å². The van der Waals surface area contributed by atoms with Crippen molar-refractivity contribution in [1.82, 2.24) is 4.90 Å². The third kappa shape index (κ3) is 3.71. The Morgan fingerprint density at radius 1 is 1.23 bits per heavy atom. The highest BCUT2D eigenvalue weighted by molar-refractivity contribution is 5.76. The Kier molecular flexibility index (Phi) is 4.83. The lowest BCUT2D eigenvalue weighted by molar-refractivity contribution is -0.132. The molecule has 120 valence electrons. The predicted molar refractivity (Wildman–Crippen MR) is 84.2 cm³/mol. The average molecular weight is 304 g/mol. The third-order valence-corrected chi connectivity index (χ3v) is 4.25. The number of carbonyl (C=O) groups is 1. The minimum absolute atomic E-state index is 0.135. The van der Waals surface area contributed by atoms with Crippen LogP contribution >= 0.6 is 0 Å². The minimum Gasteiger partial charge on any atom is -0.490 e. The molecule has 1 fully saturated rings. The molecule has 0 bridgehead atoms. The van der Waals surface area contributed by atoms with Crippen molar-refractivity contribution in [3.63, 3.8) is 0 Å². The Bertz CT molecular complexity index is 533. The van der Waals surface area contributed by atoms with Crippen LogP contribution in [-0.2, 0) is 11.2 Å². The zero-order valence-electron chi connectivity index (χ0n) is 12.9. The lowest BCUT2D eigenvalue weighted by Crippen LogP contribution is -2.45. The van der Waals surface area contributed by atoms with Crippen LogP contribution in [0.2, 0.25) is 0 Å². The molecule has 0 saturated carbocycles. The molecule has 2 aliphatic heterocycles. The van der Waals surface area contributed by atoms with Gasteiger partial charge in [-0.15, -0.1) is 0 Å². The van der Waals surface area contributed by atoms with Gasteiger partial charge in [0, 0.05) is 32.0 Å². The van der Waals surface area contributed by atoms with Gasteiger partial charge in [0.1, 0.15) is 0 Å². The van der Waals surface area contributed by atoms with Crippen molar-refractivity contribution in [3.8, 4) is 11.5 Å². The Labute approximate surface area is 131 Å². The Morgan fingerprint density at radius 3 is 2.86 bits per heavy atom. The van der Waals surface area contributed by atoms with Gasteiger partial charge in [0.05, 0.1) is 13.2 Å². The summed E-state index contributed by atoms with van der Waals surface area (Å²) >= 11 is 0. The second-order valence-electron chi connectivity index (χ2n) is 6.07. The standard InChI is InChI=1S/C17H24N2O3/c18-14-3-1-8-19(12-14)17(20)7-5-13-4-6-15-16(11-13)22-10-2-9-21-15/h4,6,11,14H,1-3,5,7-10,12,18H2. The summed E-state index contributed by atoms with van der Waals surface area (Å²) in [6, 6.07) is 6.09. The first-order chi connectivity index (χ1) is 10.7. The molecule has 1 unspecified atom stereocenters. The van der Waals surface area contributed by atoms with Crippen molar-refractivity contribution in [2.45, 2.75) is 38.1 Å². The molecule has 1 saturated heterocycles. The predicted octanol–water partition coefficient (Wildman–Crippen LogP) is 1.73. The van der Waals surface area contributed by atoms with E-state index >= 15 is 0 Å². The fourth-order valence-electron chi connectivity index (χ4n) is 3.01. The van der Waals surface area contributed by atoms with Gasteiger partial charge in [-0.05, 0) is 37.0 Å². The first-order valence-electron chi connectivity index (χ1n) is 8.14. The molecule has 2 N–H and O–H groups in total. The molecule has 1 amide bonds. The number of nitrogens with zero attached hydrogens (tertiary/aromatic N) is 1. The zero-order valence-corrected chi connectivity index (χ0v) is 12.9. The zero-order chi connectivity index (χ0) is 15.4. The van der Waals surface area contributed by atoms with Gasteiger partial charge in [0.15, 0.2) is 11.5 Å². The summed E-state index contributed by atoms with van der Waals surface area (Å²) in [5.41, 5.74) is 7.05. The topological polar surface area (TPSA) is 64.8 Å². The Balaban J connectivity index is 1.57. The number of likely N-dealkylation sites (tertiary alicyclic amines) is 1. The highest BCUT2D eigenvalue weighted by Gasteiger charge is 2.21. The van der Waals surface area contributed by atoms with Gasteiger partial charge in [0.2, 0.25) is 5.91 Å². The summed E-state index contributed by atoms with van der Waals surface area (Å²) in [5.74, 6) is 1.79. The van der Waals surface area contributed by atoms with Crippen LogP contribution in [0.3, 0.4) is 0 Å². The van der Waals surface area contributed by atoms with E-state index in [1.807, 2.05) is 23.1 Å². The van der Waals surface area contributed by atoms with Crippen molar-refractivity contribution in [1.29, 1.82) is 0 Å². The van der Waals surface area contributed by atoms with E-state index < -0.39 is 0 Å². The van der Waals surface area contributed by atoms with E-state index in [1.165, 1.54) is 0 Å². The molecule has 0 aromatic heterocycles. The van der Waals surface area contributed by atoms with E-state index in [0.29, 0.717) is 26.2 Å². The van der Waals surface area contributed by atoms with Gasteiger partial charge in [-0.1, -0.05) is 6.07 Å². The van der Waals surface area contributed by atoms with Gasteiger partial charge < -0.3 is 20.1 Å². The minimum atomic E-state index is 0.135. The van der Waals surface area contributed by atoms with Crippen molar-refractivity contribution < 1.29 is 14.3 Å². The number of benzene rings is 1. The first-order valence-corrected chi connectivity index (χ1v) is 8.14. The normalized spacial score (nSPS) is 21.3. The molecule has 0 spiro atoms. The maximum atomic E-state index is 12.3. The van der Waals surface area contributed by atoms with Gasteiger partial charge >= 0.3 is 0 Å². The van der Waals surface area contributed by atoms with Crippen LogP contribution in [-0.4, -0.2) is 43.2 Å². The second kappa shape index (κ2) is 7.01. The quantitative estimate of drug-likeness (QED) is 0.923. The summed E-state index contributed by atoms with van der Waals surface area (Å²) in [6.45, 7) is 2.91. The maximum absolute atomic E-state index is 12.3. The Morgan fingerprint density at radius 2 is 2.05 bits per heavy atom. The summed E-state index contributed by atoms with van der Waals surface area (Å²) < 4.78 is 11.3. The lowest BCUT2D eigenvalue weighted by Gasteiger charge is -2.30. The fraction of sp³-hybridized carbons (Fsp3) is 0.588. The summed E-state index contributed by atoms with van der Waals surface area (Å²) in [6.07, 6.45) is 4.17. The molecule has 1 atom stereocenters. The molecular weight excluding hydrogens is 280 g/mol. The SMILES string of the molecule is NC1CCCN(C(=O)CCc2ccc3c(c2)OCCCO3)C1. The van der Waals surface area contributed by atoms with Crippen molar-refractivity contribution in [2.24, 2.45) is 5.73 Å². The highest BCUT2D eigenvalue weighted by atomic mass is 16.5. The number of fused-ring (bicyclic) bond motifs is 1. The number of piperidine rings is 1. The molecular formula is C17H24N2O3. The molecule has 1 aromatic rings. The van der Waals surface area contributed by atoms with E-state index in [-0.39, 0.29) is 11.9 Å². The number of amides is 1.